The zero-order valence-corrected chi connectivity index (χ0v) is 14.8. The van der Waals surface area contributed by atoms with Gasteiger partial charge >= 0.3 is 0 Å². The number of piperidine rings is 2. The number of hydrogen-bond donors (Lipinski definition) is 2. The number of amides is 1. The van der Waals surface area contributed by atoms with Gasteiger partial charge in [0.1, 0.15) is 17.3 Å². The number of hydrogen-bond acceptors (Lipinski definition) is 2. The van der Waals surface area contributed by atoms with Gasteiger partial charge in [0.25, 0.3) is 5.91 Å². The molecular weight excluding hydrogens is 336 g/mol. The lowest BCUT2D eigenvalue weighted by atomic mass is 9.82. The molecule has 2 aliphatic heterocycles. The fourth-order valence-corrected chi connectivity index (χ4v) is 4.40. The average Bonchev–Trinajstić information content (AvgIpc) is 3.05. The van der Waals surface area contributed by atoms with Crippen molar-refractivity contribution in [3.05, 3.63) is 47.8 Å². The molecule has 0 spiro atoms. The van der Waals surface area contributed by atoms with Gasteiger partial charge in [0.2, 0.25) is 0 Å². The summed E-state index contributed by atoms with van der Waals surface area (Å²) in [7, 11) is 2.18. The minimum Gasteiger partial charge on any atom is -0.357 e. The number of H-pyrrole nitrogens is 1. The van der Waals surface area contributed by atoms with Crippen LogP contribution in [0.3, 0.4) is 0 Å². The van der Waals surface area contributed by atoms with Crippen LogP contribution in [-0.2, 0) is 0 Å². The molecule has 2 aromatic rings. The molecule has 3 atom stereocenters. The van der Waals surface area contributed by atoms with Crippen molar-refractivity contribution in [2.24, 2.45) is 0 Å². The maximum atomic E-state index is 13.9. The van der Waals surface area contributed by atoms with Gasteiger partial charge in [-0.15, -0.1) is 0 Å². The zero-order valence-electron chi connectivity index (χ0n) is 14.8. The lowest BCUT2D eigenvalue weighted by molar-refractivity contribution is 0.0462. The molecule has 2 fully saturated rings. The molecule has 3 heterocycles. The third kappa shape index (κ3) is 3.26. The van der Waals surface area contributed by atoms with Gasteiger partial charge in [0.15, 0.2) is 0 Å². The van der Waals surface area contributed by atoms with Crippen LogP contribution in [0.25, 0.3) is 11.1 Å². The Labute approximate surface area is 151 Å². The molecule has 2 N–H and O–H groups in total. The predicted molar refractivity (Wildman–Crippen MR) is 95.8 cm³/mol. The Balaban J connectivity index is 1.45. The molecule has 4 rings (SSSR count). The second-order valence-corrected chi connectivity index (χ2v) is 7.47. The van der Waals surface area contributed by atoms with E-state index in [1.807, 2.05) is 0 Å². The van der Waals surface area contributed by atoms with E-state index < -0.39 is 11.6 Å². The van der Waals surface area contributed by atoms with E-state index >= 15 is 0 Å². The van der Waals surface area contributed by atoms with E-state index in [2.05, 4.69) is 22.2 Å². The normalized spacial score (nSPS) is 25.9. The third-order valence-electron chi connectivity index (χ3n) is 5.84. The number of aromatic nitrogens is 1. The van der Waals surface area contributed by atoms with E-state index in [4.69, 9.17) is 0 Å². The van der Waals surface area contributed by atoms with Crippen molar-refractivity contribution < 1.29 is 13.6 Å². The summed E-state index contributed by atoms with van der Waals surface area (Å²) in [5.41, 5.74) is 1.20. The number of rotatable bonds is 3. The predicted octanol–water partition coefficient (Wildman–Crippen LogP) is 3.71. The van der Waals surface area contributed by atoms with Crippen molar-refractivity contribution in [2.75, 3.05) is 7.05 Å². The van der Waals surface area contributed by atoms with Crippen molar-refractivity contribution in [3.8, 4) is 11.1 Å². The molecule has 0 saturated carbocycles. The summed E-state index contributed by atoms with van der Waals surface area (Å²) in [6, 6.07) is 6.31. The van der Waals surface area contributed by atoms with E-state index in [1.165, 1.54) is 31.4 Å². The molecule has 4 nitrogen and oxygen atoms in total. The molecule has 1 amide bonds. The average molecular weight is 359 g/mol. The van der Waals surface area contributed by atoms with Gasteiger partial charge in [-0.1, -0.05) is 6.42 Å². The maximum absolute atomic E-state index is 13.9. The summed E-state index contributed by atoms with van der Waals surface area (Å²) in [5.74, 6) is -1.43. The van der Waals surface area contributed by atoms with Crippen molar-refractivity contribution in [1.29, 1.82) is 0 Å². The number of aromatic amines is 1. The minimum atomic E-state index is -0.640. The van der Waals surface area contributed by atoms with E-state index in [9.17, 15) is 13.6 Å². The Kier molecular flexibility index (Phi) is 4.53. The molecule has 2 aliphatic rings. The highest BCUT2D eigenvalue weighted by Crippen LogP contribution is 2.32. The second-order valence-electron chi connectivity index (χ2n) is 7.47. The quantitative estimate of drug-likeness (QED) is 0.878. The number of fused-ring (bicyclic) bond motifs is 2. The molecule has 1 aromatic heterocycles. The summed E-state index contributed by atoms with van der Waals surface area (Å²) in [5, 5.41) is 3.12. The van der Waals surface area contributed by atoms with Crippen molar-refractivity contribution in [1.82, 2.24) is 15.2 Å². The summed E-state index contributed by atoms with van der Waals surface area (Å²) in [4.78, 5) is 18.0. The van der Waals surface area contributed by atoms with Gasteiger partial charge in [-0.25, -0.2) is 8.78 Å². The van der Waals surface area contributed by atoms with Crippen LogP contribution in [0.2, 0.25) is 0 Å². The number of benzene rings is 1. The highest BCUT2D eigenvalue weighted by molar-refractivity contribution is 5.94. The van der Waals surface area contributed by atoms with Crippen LogP contribution in [-0.4, -0.2) is 41.0 Å². The molecule has 0 radical (unpaired) electrons. The monoisotopic (exact) mass is 359 g/mol. The topological polar surface area (TPSA) is 48.1 Å². The number of nitrogens with zero attached hydrogens (tertiary/aromatic N) is 1. The highest BCUT2D eigenvalue weighted by atomic mass is 19.1. The maximum Gasteiger partial charge on any atom is 0.267 e. The van der Waals surface area contributed by atoms with Gasteiger partial charge in [-0.3, -0.25) is 4.79 Å². The summed E-state index contributed by atoms with van der Waals surface area (Å²) >= 11 is 0. The van der Waals surface area contributed by atoms with E-state index in [1.54, 1.807) is 12.3 Å². The Morgan fingerprint density at radius 3 is 2.62 bits per heavy atom. The van der Waals surface area contributed by atoms with E-state index in [0.29, 0.717) is 23.3 Å². The van der Waals surface area contributed by atoms with E-state index in [-0.39, 0.29) is 17.5 Å². The minimum absolute atomic E-state index is 0.170. The number of nitrogens with one attached hydrogen (secondary N) is 2. The molecule has 138 valence electrons. The first kappa shape index (κ1) is 17.2. The largest absolute Gasteiger partial charge is 0.357 e. The zero-order chi connectivity index (χ0) is 18.3. The van der Waals surface area contributed by atoms with Crippen LogP contribution in [0.5, 0.6) is 0 Å². The van der Waals surface area contributed by atoms with Gasteiger partial charge in [-0.2, -0.15) is 0 Å². The molecule has 0 aliphatic carbocycles. The van der Waals surface area contributed by atoms with Crippen LogP contribution in [0.15, 0.2) is 30.5 Å². The standard InChI is InChI=1S/C20H23F2N3O/c1-25-15-3-2-4-16(25)10-14(9-15)24-20(26)19-7-12(11-23-19)17-6-5-13(21)8-18(17)22/h5-8,11,14-16,23H,2-4,9-10H2,1H3,(H,24,26)/t14?,15-,16?/m1/s1. The van der Waals surface area contributed by atoms with Crippen LogP contribution in [0, 0.1) is 11.6 Å². The first-order valence-electron chi connectivity index (χ1n) is 9.18. The molecule has 2 unspecified atom stereocenters. The number of carbonyl (C=O) groups is 1. The van der Waals surface area contributed by atoms with E-state index in [0.717, 1.165) is 18.9 Å². The van der Waals surface area contributed by atoms with Gasteiger partial charge < -0.3 is 15.2 Å². The van der Waals surface area contributed by atoms with Crippen molar-refractivity contribution in [2.45, 2.75) is 50.2 Å². The van der Waals surface area contributed by atoms with Gasteiger partial charge in [0.05, 0.1) is 0 Å². The molecule has 2 saturated heterocycles. The molecule has 6 heteroatoms. The van der Waals surface area contributed by atoms with Crippen LogP contribution in [0.4, 0.5) is 8.78 Å². The van der Waals surface area contributed by atoms with Crippen LogP contribution < -0.4 is 5.32 Å². The Morgan fingerprint density at radius 1 is 1.19 bits per heavy atom. The molecule has 2 bridgehead atoms. The fourth-order valence-electron chi connectivity index (χ4n) is 4.40. The lowest BCUT2D eigenvalue weighted by Gasteiger charge is -2.47. The van der Waals surface area contributed by atoms with Crippen molar-refractivity contribution in [3.63, 3.8) is 0 Å². The smallest absolute Gasteiger partial charge is 0.267 e. The third-order valence-corrected chi connectivity index (χ3v) is 5.84. The Bertz CT molecular complexity index is 805. The Hall–Kier alpha value is -2.21. The molecule has 1 aromatic carbocycles. The van der Waals surface area contributed by atoms with Gasteiger partial charge in [-0.05, 0) is 50.9 Å². The summed E-state index contributed by atoms with van der Waals surface area (Å²) < 4.78 is 27.0. The fraction of sp³-hybridized carbons (Fsp3) is 0.450. The van der Waals surface area contributed by atoms with Gasteiger partial charge in [0, 0.05) is 41.5 Å². The Morgan fingerprint density at radius 2 is 1.92 bits per heavy atom. The summed E-state index contributed by atoms with van der Waals surface area (Å²) in [6.45, 7) is 0. The summed E-state index contributed by atoms with van der Waals surface area (Å²) in [6.07, 6.45) is 7.17. The molecular formula is C20H23F2N3O. The lowest BCUT2D eigenvalue weighted by Crippen LogP contribution is -2.55. The first-order valence-corrected chi connectivity index (χ1v) is 9.18. The number of carbonyl (C=O) groups excluding carboxylic acids is 1. The van der Waals surface area contributed by atoms with Crippen LogP contribution in [0.1, 0.15) is 42.6 Å². The second kappa shape index (κ2) is 6.83. The van der Waals surface area contributed by atoms with Crippen LogP contribution >= 0.6 is 0 Å². The SMILES string of the molecule is CN1C2CCC[C@@H]1CC(NC(=O)c1cc(-c3ccc(F)cc3F)c[nH]1)C2. The highest BCUT2D eigenvalue weighted by Gasteiger charge is 2.36. The number of halogens is 2. The molecule has 26 heavy (non-hydrogen) atoms. The first-order chi connectivity index (χ1) is 12.5. The van der Waals surface area contributed by atoms with Crippen molar-refractivity contribution >= 4 is 5.91 Å².